The third-order valence-corrected chi connectivity index (χ3v) is 20.6. The van der Waals surface area contributed by atoms with E-state index in [-0.39, 0.29) is 62.4 Å². The molecule has 0 saturated carbocycles. The third-order valence-electron chi connectivity index (χ3n) is 18.5. The number of hydrogen-bond donors (Lipinski definition) is 11. The number of rotatable bonds is 13. The van der Waals surface area contributed by atoms with Crippen molar-refractivity contribution in [2.45, 2.75) is 150 Å². The van der Waals surface area contributed by atoms with Crippen molar-refractivity contribution in [3.8, 4) is 5.75 Å². The number of primary amides is 1. The van der Waals surface area contributed by atoms with Crippen molar-refractivity contribution in [2.24, 2.45) is 17.4 Å². The number of aromatic hydroxyl groups is 1. The van der Waals surface area contributed by atoms with E-state index in [2.05, 4.69) is 41.9 Å². The first-order chi connectivity index (χ1) is 47.4. The van der Waals surface area contributed by atoms with Crippen molar-refractivity contribution < 1.29 is 71.0 Å². The molecule has 0 unspecified atom stereocenters. The molecule has 9 amide bonds. The fraction of sp³-hybridized carbons (Fsp3) is 0.457. The molecular weight excluding hydrogens is 1320 g/mol. The number of carbonyl (C=O) groups is 10. The first-order valence-corrected chi connectivity index (χ1v) is 35.3. The first kappa shape index (κ1) is 74.3. The number of methoxy groups -OCH3 is 1. The molecule has 2 bridgehead atoms. The van der Waals surface area contributed by atoms with Gasteiger partial charge in [-0.2, -0.15) is 23.5 Å². The number of thioether (sulfide) groups is 2. The summed E-state index contributed by atoms with van der Waals surface area (Å²) in [5.41, 5.74) is 14.0. The van der Waals surface area contributed by atoms with Crippen LogP contribution in [0, 0.1) is 17.6 Å². The predicted molar refractivity (Wildman–Crippen MR) is 368 cm³/mol. The van der Waals surface area contributed by atoms with E-state index in [1.165, 1.54) is 116 Å². The molecule has 2 saturated heterocycles. The van der Waals surface area contributed by atoms with Gasteiger partial charge in [0, 0.05) is 115 Å². The molecule has 9 rings (SSSR count). The number of Topliss-reactive ketones (excluding diaryl/α,β-unsaturated/α-hetero) is 1. The summed E-state index contributed by atoms with van der Waals surface area (Å²) in [7, 11) is 1.25. The van der Waals surface area contributed by atoms with Crippen LogP contribution in [0.15, 0.2) is 97.3 Å². The van der Waals surface area contributed by atoms with Gasteiger partial charge in [-0.1, -0.05) is 42.8 Å². The Bertz CT molecular complexity index is 3930. The van der Waals surface area contributed by atoms with E-state index in [4.69, 9.17) is 16.2 Å². The minimum absolute atomic E-state index is 0.0457. The Morgan fingerprint density at radius 3 is 2.03 bits per heavy atom. The van der Waals surface area contributed by atoms with Crippen LogP contribution in [0.25, 0.3) is 21.8 Å². The number of benzene rings is 4. The molecule has 0 spiro atoms. The summed E-state index contributed by atoms with van der Waals surface area (Å²) < 4.78 is 51.7. The lowest BCUT2D eigenvalue weighted by Crippen LogP contribution is -2.64. The Labute approximate surface area is 578 Å². The number of alkyl halides is 1. The van der Waals surface area contributed by atoms with Gasteiger partial charge in [0.1, 0.15) is 71.1 Å². The van der Waals surface area contributed by atoms with E-state index < -0.39 is 151 Å². The number of ketones is 1. The lowest BCUT2D eigenvalue weighted by molar-refractivity contribution is -0.147. The molecule has 2 aromatic heterocycles. The molecule has 29 heteroatoms. The number of unbranched alkanes of at least 4 members (excludes halogenated alkanes) is 1. The average Bonchev–Trinajstić information content (AvgIpc) is 1.70. The van der Waals surface area contributed by atoms with Crippen molar-refractivity contribution in [3.63, 3.8) is 0 Å². The Morgan fingerprint density at radius 2 is 1.38 bits per heavy atom. The standard InChI is InChI=1S/C70H85F3N12O12S2/c1-39(97-3)61-66(93)81-56(25-40-11-15-49(86)16-12-40)68(95)85-22-7-20-70(85,2)69(96)82-58(62(75)89)38-99-37-42-9-6-8-41(24-42)36-98-23-19-50(87)26-43(10-4-5-21-74)63(90)78-34-60(88)79-55(27-44-32-76-53-17-13-46(71)29-51(44)53)64(91)80-57(28-45-33-77-54-18-14-47(72)30-52(45)54)67(94)84-35-48(73)31-59(84)65(92)83-61/h6,8-9,11-18,24,29-30,32-33,39,43,48,55-59,61,76-77,86H,4-5,7,10,19-23,25-28,31,34-38,74H2,1-3H3,(H2,75,89)(H,78,90)(H,79,88)(H,80,91)(H,81,93)(H,82,96)(H,83,92)/t39-,43-,48-,55+,56+,57+,58+,59+,61+,70+/m1/s1. The molecule has 10 atom stereocenters. The van der Waals surface area contributed by atoms with Crippen LogP contribution in [0.1, 0.15) is 93.0 Å². The van der Waals surface area contributed by atoms with Crippen LogP contribution in [0.3, 0.4) is 0 Å². The fourth-order valence-electron chi connectivity index (χ4n) is 12.9. The number of amides is 9. The number of nitrogens with zero attached hydrogens (tertiary/aromatic N) is 2. The molecule has 24 nitrogen and oxygen atoms in total. The largest absolute Gasteiger partial charge is 0.508 e. The normalized spacial score (nSPS) is 24.8. The molecular formula is C70H85F3N12O12S2. The molecule has 13 N–H and O–H groups in total. The predicted octanol–water partition coefficient (Wildman–Crippen LogP) is 4.32. The maximum Gasteiger partial charge on any atom is 0.246 e. The number of carbonyl (C=O) groups excluding carboxylic acids is 10. The topological polar surface area (TPSA) is 362 Å². The summed E-state index contributed by atoms with van der Waals surface area (Å²) in [5.74, 6) is -8.66. The van der Waals surface area contributed by atoms with Crippen molar-refractivity contribution >= 4 is 104 Å². The number of hydrogen-bond acceptors (Lipinski definition) is 15. The second-order valence-electron chi connectivity index (χ2n) is 25.7. The molecule has 530 valence electrons. The van der Waals surface area contributed by atoms with Gasteiger partial charge in [0.25, 0.3) is 0 Å². The zero-order chi connectivity index (χ0) is 71.1. The van der Waals surface area contributed by atoms with Gasteiger partial charge in [0.05, 0.1) is 19.2 Å². The smallest absolute Gasteiger partial charge is 0.246 e. The molecule has 0 aliphatic carbocycles. The zero-order valence-corrected chi connectivity index (χ0v) is 56.9. The van der Waals surface area contributed by atoms with Gasteiger partial charge >= 0.3 is 0 Å². The average molecular weight is 1410 g/mol. The minimum Gasteiger partial charge on any atom is -0.508 e. The summed E-state index contributed by atoms with van der Waals surface area (Å²) in [4.78, 5) is 153. The quantitative estimate of drug-likeness (QED) is 0.0718. The summed E-state index contributed by atoms with van der Waals surface area (Å²) in [6.45, 7) is 1.99. The maximum absolute atomic E-state index is 16.2. The second kappa shape index (κ2) is 34.2. The van der Waals surface area contributed by atoms with Crippen molar-refractivity contribution in [3.05, 3.63) is 137 Å². The number of nitrogens with two attached hydrogens (primary N) is 2. The number of aromatic amines is 2. The Balaban J connectivity index is 1.05. The highest BCUT2D eigenvalue weighted by molar-refractivity contribution is 7.98. The monoisotopic (exact) mass is 1410 g/mol. The number of ether oxygens (including phenoxy) is 1. The van der Waals surface area contributed by atoms with Crippen molar-refractivity contribution in [1.82, 2.24) is 51.7 Å². The molecule has 0 radical (unpaired) electrons. The van der Waals surface area contributed by atoms with E-state index >= 15 is 18.8 Å². The lowest BCUT2D eigenvalue weighted by atomic mass is 9.94. The Kier molecular flexibility index (Phi) is 25.7. The molecule has 5 heterocycles. The number of aromatic nitrogens is 2. The molecule has 2 fully saturated rings. The highest BCUT2D eigenvalue weighted by Gasteiger charge is 2.49. The molecule has 3 aliphatic heterocycles. The summed E-state index contributed by atoms with van der Waals surface area (Å²) in [6, 6.07) is 12.1. The van der Waals surface area contributed by atoms with Crippen molar-refractivity contribution in [2.75, 3.05) is 44.8 Å². The van der Waals surface area contributed by atoms with E-state index in [0.717, 1.165) is 16.0 Å². The maximum atomic E-state index is 16.2. The molecule has 3 aliphatic rings. The first-order valence-electron chi connectivity index (χ1n) is 33.0. The summed E-state index contributed by atoms with van der Waals surface area (Å²) in [6.07, 6.45) is 0.233. The third kappa shape index (κ3) is 19.3. The molecule has 6 aromatic rings. The van der Waals surface area contributed by atoms with Gasteiger partial charge in [-0.3, -0.25) is 47.9 Å². The molecule has 99 heavy (non-hydrogen) atoms. The van der Waals surface area contributed by atoms with Crippen LogP contribution >= 0.6 is 23.5 Å². The van der Waals surface area contributed by atoms with E-state index in [0.29, 0.717) is 81.6 Å². The number of nitrogens with one attached hydrogen (secondary N) is 8. The number of fused-ring (bicyclic) bond motifs is 6. The van der Waals surface area contributed by atoms with Gasteiger partial charge in [0.15, 0.2) is 0 Å². The Hall–Kier alpha value is -8.93. The Morgan fingerprint density at radius 1 is 0.747 bits per heavy atom. The number of phenols is 1. The lowest BCUT2D eigenvalue weighted by Gasteiger charge is -2.37. The minimum atomic E-state index is -1.85. The van der Waals surface area contributed by atoms with E-state index in [1.807, 2.05) is 24.3 Å². The number of H-pyrrole nitrogens is 2. The van der Waals surface area contributed by atoms with Crippen LogP contribution in [0.5, 0.6) is 5.75 Å². The van der Waals surface area contributed by atoms with Crippen molar-refractivity contribution in [1.29, 1.82) is 0 Å². The number of halogens is 3. The van der Waals surface area contributed by atoms with Crippen LogP contribution in [0.2, 0.25) is 0 Å². The summed E-state index contributed by atoms with van der Waals surface area (Å²) >= 11 is 2.86. The zero-order valence-electron chi connectivity index (χ0n) is 55.3. The van der Waals surface area contributed by atoms with Gasteiger partial charge in [-0.15, -0.1) is 0 Å². The van der Waals surface area contributed by atoms with Crippen LogP contribution in [-0.4, -0.2) is 183 Å². The molecule has 4 aromatic carbocycles. The van der Waals surface area contributed by atoms with Crippen LogP contribution in [-0.2, 0) is 83.5 Å². The SMILES string of the molecule is CO[C@H](C)[C@@H]1NC(=O)[C@@H]2C[C@@H](F)CN2C(=O)[C@H](Cc2c[nH]c3ccc(F)cc23)NC(=O)[C@H](Cc2c[nH]c3ccc(F)cc23)NC(=O)CNC(=O)[C@H](CCCCN)CC(=O)CCSCc2cccc(c2)CSC[C@@H](C(N)=O)NC(=O)[C@]2(C)CCCN2C(=O)[C@H](Cc2ccc(O)cc2)NC1=O. The summed E-state index contributed by atoms with van der Waals surface area (Å²) in [5, 5.41) is 27.0. The van der Waals surface area contributed by atoms with Gasteiger partial charge in [0.2, 0.25) is 53.2 Å². The second-order valence-corrected chi connectivity index (χ2v) is 27.8. The highest BCUT2D eigenvalue weighted by Crippen LogP contribution is 2.33. The van der Waals surface area contributed by atoms with E-state index in [9.17, 15) is 47.4 Å². The van der Waals surface area contributed by atoms with E-state index in [1.54, 1.807) is 6.92 Å². The highest BCUT2D eigenvalue weighted by atomic mass is 32.2. The van der Waals surface area contributed by atoms with Gasteiger partial charge in [-0.05, 0) is 122 Å². The van der Waals surface area contributed by atoms with Crippen LogP contribution in [0.4, 0.5) is 13.2 Å². The van der Waals surface area contributed by atoms with Gasteiger partial charge < -0.3 is 73.0 Å². The fourth-order valence-corrected chi connectivity index (χ4v) is 14.8. The van der Waals surface area contributed by atoms with Gasteiger partial charge in [-0.25, -0.2) is 13.2 Å². The number of phenolic OH excluding ortho intramolecular Hbond substituents is 1. The van der Waals surface area contributed by atoms with Crippen LogP contribution < -0.4 is 43.4 Å².